The zero-order chi connectivity index (χ0) is 17.5. The lowest BCUT2D eigenvalue weighted by atomic mass is 9.99. The number of urea groups is 1. The second kappa shape index (κ2) is 8.54. The van der Waals surface area contributed by atoms with Crippen LogP contribution in [0.25, 0.3) is 0 Å². The number of carbonyl (C=O) groups is 2. The van der Waals surface area contributed by atoms with Crippen LogP contribution in [0, 0.1) is 5.92 Å². The topological polar surface area (TPSA) is 90.9 Å². The van der Waals surface area contributed by atoms with E-state index in [9.17, 15) is 14.7 Å². The van der Waals surface area contributed by atoms with Gasteiger partial charge in [-0.05, 0) is 37.0 Å². The number of methoxy groups -OCH3 is 1. The minimum atomic E-state index is -0.203. The van der Waals surface area contributed by atoms with E-state index in [0.29, 0.717) is 36.6 Å². The van der Waals surface area contributed by atoms with Gasteiger partial charge >= 0.3 is 6.03 Å². The Bertz CT molecular complexity index is 591. The highest BCUT2D eigenvalue weighted by Crippen LogP contribution is 2.28. The minimum absolute atomic E-state index is 0.0967. The molecule has 0 saturated carbocycles. The molecule has 1 fully saturated rings. The van der Waals surface area contributed by atoms with Gasteiger partial charge in [-0.1, -0.05) is 6.92 Å². The number of nitrogens with zero attached hydrogens (tertiary/aromatic N) is 1. The van der Waals surface area contributed by atoms with Crippen molar-refractivity contribution < 1.29 is 19.4 Å². The van der Waals surface area contributed by atoms with Gasteiger partial charge in [0.25, 0.3) is 0 Å². The summed E-state index contributed by atoms with van der Waals surface area (Å²) in [5.74, 6) is 0.548. The zero-order valence-corrected chi connectivity index (χ0v) is 14.2. The maximum absolute atomic E-state index is 12.4. The van der Waals surface area contributed by atoms with Crippen molar-refractivity contribution in [1.29, 1.82) is 0 Å². The fourth-order valence-electron chi connectivity index (χ4n) is 2.72. The predicted octanol–water partition coefficient (Wildman–Crippen LogP) is 2.28. The van der Waals surface area contributed by atoms with Crippen molar-refractivity contribution in [3.05, 3.63) is 18.2 Å². The first-order valence-electron chi connectivity index (χ1n) is 8.22. The molecule has 7 heteroatoms. The predicted molar refractivity (Wildman–Crippen MR) is 92.3 cm³/mol. The number of aliphatic hydroxyl groups excluding tert-OH is 1. The number of likely N-dealkylation sites (tertiary alicyclic amines) is 1. The third-order valence-corrected chi connectivity index (χ3v) is 4.11. The Morgan fingerprint density at radius 2 is 2.17 bits per heavy atom. The van der Waals surface area contributed by atoms with Crippen LogP contribution in [0.4, 0.5) is 16.2 Å². The summed E-state index contributed by atoms with van der Waals surface area (Å²) in [4.78, 5) is 25.7. The van der Waals surface area contributed by atoms with Crippen LogP contribution < -0.4 is 15.4 Å². The zero-order valence-electron chi connectivity index (χ0n) is 14.2. The molecule has 0 aromatic heterocycles. The van der Waals surface area contributed by atoms with E-state index >= 15 is 0 Å². The molecule has 24 heavy (non-hydrogen) atoms. The number of hydrogen-bond acceptors (Lipinski definition) is 4. The van der Waals surface area contributed by atoms with Crippen LogP contribution in [0.15, 0.2) is 18.2 Å². The Kier molecular flexibility index (Phi) is 6.43. The average molecular weight is 335 g/mol. The van der Waals surface area contributed by atoms with Gasteiger partial charge < -0.3 is 25.4 Å². The van der Waals surface area contributed by atoms with Gasteiger partial charge in [0, 0.05) is 31.8 Å². The molecule has 0 unspecified atom stereocenters. The Labute approximate surface area is 142 Å². The van der Waals surface area contributed by atoms with Gasteiger partial charge in [0.1, 0.15) is 5.75 Å². The maximum Gasteiger partial charge on any atom is 0.321 e. The molecule has 3 amide bonds. The quantitative estimate of drug-likeness (QED) is 0.770. The largest absolute Gasteiger partial charge is 0.495 e. The van der Waals surface area contributed by atoms with E-state index in [1.807, 2.05) is 0 Å². The number of nitrogens with one attached hydrogen (secondary N) is 2. The summed E-state index contributed by atoms with van der Waals surface area (Å²) in [5, 5.41) is 14.9. The van der Waals surface area contributed by atoms with Gasteiger partial charge in [0.15, 0.2) is 0 Å². The first kappa shape index (κ1) is 18.1. The van der Waals surface area contributed by atoms with Crippen molar-refractivity contribution in [2.45, 2.75) is 26.2 Å². The number of aliphatic hydroxyl groups is 1. The van der Waals surface area contributed by atoms with Crippen LogP contribution in [-0.4, -0.2) is 48.8 Å². The molecule has 1 aliphatic rings. The average Bonchev–Trinajstić information content (AvgIpc) is 2.61. The van der Waals surface area contributed by atoms with Gasteiger partial charge in [-0.2, -0.15) is 0 Å². The molecule has 2 rings (SSSR count). The summed E-state index contributed by atoms with van der Waals surface area (Å²) >= 11 is 0. The van der Waals surface area contributed by atoms with Crippen molar-refractivity contribution in [2.24, 2.45) is 5.92 Å². The molecule has 0 aliphatic carbocycles. The van der Waals surface area contributed by atoms with Crippen LogP contribution in [-0.2, 0) is 4.79 Å². The van der Waals surface area contributed by atoms with Crippen molar-refractivity contribution >= 4 is 23.3 Å². The fraction of sp³-hybridized carbons (Fsp3) is 0.529. The van der Waals surface area contributed by atoms with Crippen LogP contribution >= 0.6 is 0 Å². The van der Waals surface area contributed by atoms with Crippen LogP contribution in [0.3, 0.4) is 0 Å². The lowest BCUT2D eigenvalue weighted by Crippen LogP contribution is -2.43. The summed E-state index contributed by atoms with van der Waals surface area (Å²) in [6.07, 6.45) is 2.19. The first-order chi connectivity index (χ1) is 11.6. The third kappa shape index (κ3) is 4.61. The van der Waals surface area contributed by atoms with Crippen LogP contribution in [0.1, 0.15) is 26.2 Å². The monoisotopic (exact) mass is 335 g/mol. The second-order valence-corrected chi connectivity index (χ2v) is 5.88. The molecule has 1 heterocycles. The SMILES string of the molecule is CCC(=O)Nc1cc(NC(=O)N2CCC[C@H](CO)C2)ccc1OC. The molecular weight excluding hydrogens is 310 g/mol. The fourth-order valence-corrected chi connectivity index (χ4v) is 2.72. The number of hydrogen-bond donors (Lipinski definition) is 3. The summed E-state index contributed by atoms with van der Waals surface area (Å²) in [6.45, 7) is 3.09. The number of piperidine rings is 1. The molecule has 1 saturated heterocycles. The van der Waals surface area contributed by atoms with Crippen molar-refractivity contribution in [3.63, 3.8) is 0 Å². The Hall–Kier alpha value is -2.28. The first-order valence-corrected chi connectivity index (χ1v) is 8.22. The Morgan fingerprint density at radius 3 is 2.83 bits per heavy atom. The van der Waals surface area contributed by atoms with E-state index in [4.69, 9.17) is 4.74 Å². The highest BCUT2D eigenvalue weighted by Gasteiger charge is 2.23. The number of carbonyl (C=O) groups excluding carboxylic acids is 2. The van der Waals surface area contributed by atoms with Gasteiger partial charge in [-0.3, -0.25) is 4.79 Å². The molecule has 0 bridgehead atoms. The van der Waals surface area contributed by atoms with Gasteiger partial charge in [-0.15, -0.1) is 0 Å². The summed E-state index contributed by atoms with van der Waals surface area (Å²) in [6, 6.07) is 4.91. The van der Waals surface area contributed by atoms with E-state index in [0.717, 1.165) is 12.8 Å². The number of ether oxygens (including phenoxy) is 1. The normalized spacial score (nSPS) is 17.3. The molecule has 3 N–H and O–H groups in total. The van der Waals surface area contributed by atoms with Crippen molar-refractivity contribution in [1.82, 2.24) is 4.90 Å². The van der Waals surface area contributed by atoms with E-state index in [1.54, 1.807) is 30.0 Å². The molecule has 1 aromatic carbocycles. The van der Waals surface area contributed by atoms with Gasteiger partial charge in [0.05, 0.1) is 12.8 Å². The van der Waals surface area contributed by atoms with E-state index in [1.165, 1.54) is 7.11 Å². The molecule has 1 aliphatic heterocycles. The van der Waals surface area contributed by atoms with Gasteiger partial charge in [-0.25, -0.2) is 4.79 Å². The van der Waals surface area contributed by atoms with Crippen molar-refractivity contribution in [3.8, 4) is 5.75 Å². The molecule has 7 nitrogen and oxygen atoms in total. The van der Waals surface area contributed by atoms with E-state index < -0.39 is 0 Å². The summed E-state index contributed by atoms with van der Waals surface area (Å²) < 4.78 is 5.23. The second-order valence-electron chi connectivity index (χ2n) is 5.88. The lowest BCUT2D eigenvalue weighted by Gasteiger charge is -2.31. The maximum atomic E-state index is 12.4. The smallest absolute Gasteiger partial charge is 0.321 e. The number of rotatable bonds is 5. The molecule has 0 spiro atoms. The van der Waals surface area contributed by atoms with Crippen molar-refractivity contribution in [2.75, 3.05) is 37.4 Å². The highest BCUT2D eigenvalue weighted by molar-refractivity contribution is 5.95. The summed E-state index contributed by atoms with van der Waals surface area (Å²) in [5.41, 5.74) is 1.10. The number of anilines is 2. The van der Waals surface area contributed by atoms with E-state index in [-0.39, 0.29) is 24.5 Å². The lowest BCUT2D eigenvalue weighted by molar-refractivity contribution is -0.115. The molecular formula is C17H25N3O4. The number of amides is 3. The minimum Gasteiger partial charge on any atom is -0.495 e. The Morgan fingerprint density at radius 1 is 1.38 bits per heavy atom. The number of benzene rings is 1. The molecule has 1 atom stereocenters. The van der Waals surface area contributed by atoms with Gasteiger partial charge in [0.2, 0.25) is 5.91 Å². The van der Waals surface area contributed by atoms with Crippen LogP contribution in [0.2, 0.25) is 0 Å². The highest BCUT2D eigenvalue weighted by atomic mass is 16.5. The van der Waals surface area contributed by atoms with E-state index in [2.05, 4.69) is 10.6 Å². The van der Waals surface area contributed by atoms with Crippen LogP contribution in [0.5, 0.6) is 5.75 Å². The third-order valence-electron chi connectivity index (χ3n) is 4.11. The summed E-state index contributed by atoms with van der Waals surface area (Å²) in [7, 11) is 1.53. The molecule has 1 aromatic rings. The molecule has 0 radical (unpaired) electrons. The Balaban J connectivity index is 2.07. The molecule has 132 valence electrons. The standard InChI is InChI=1S/C17H25N3O4/c1-3-16(22)19-14-9-13(6-7-15(14)24-2)18-17(23)20-8-4-5-12(10-20)11-21/h6-7,9,12,21H,3-5,8,10-11H2,1-2H3,(H,18,23)(H,19,22)/t12-/m0/s1.